The van der Waals surface area contributed by atoms with Crippen molar-refractivity contribution in [2.24, 2.45) is 34.5 Å². The highest BCUT2D eigenvalue weighted by Crippen LogP contribution is 2.67. The average molecular weight is 481 g/mol. The van der Waals surface area contributed by atoms with Gasteiger partial charge in [-0.05, 0) is 79.7 Å². The molecule has 6 nitrogen and oxygen atoms in total. The highest BCUT2D eigenvalue weighted by Gasteiger charge is 2.60. The maximum atomic E-state index is 12.9. The number of hydrogen-bond acceptors (Lipinski definition) is 4. The Hall–Kier alpha value is -2.39. The molecule has 1 N–H and O–H groups in total. The summed E-state index contributed by atoms with van der Waals surface area (Å²) < 4.78 is 0. The van der Waals surface area contributed by atoms with E-state index in [0.717, 1.165) is 49.3 Å². The van der Waals surface area contributed by atoms with Crippen LogP contribution in [0.2, 0.25) is 0 Å². The van der Waals surface area contributed by atoms with Crippen LogP contribution in [0.4, 0.5) is 5.69 Å². The molecule has 1 aromatic rings. The van der Waals surface area contributed by atoms with E-state index in [1.54, 1.807) is 18.3 Å². The van der Waals surface area contributed by atoms with Gasteiger partial charge in [-0.3, -0.25) is 9.59 Å². The van der Waals surface area contributed by atoms with Crippen LogP contribution in [0, 0.1) is 45.8 Å². The number of fused-ring (bicyclic) bond motifs is 5. The number of aromatic nitrogens is 1. The Morgan fingerprint density at radius 2 is 2.06 bits per heavy atom. The number of anilines is 1. The molecule has 5 rings (SSSR count). The van der Waals surface area contributed by atoms with Gasteiger partial charge in [0.25, 0.3) is 0 Å². The van der Waals surface area contributed by atoms with E-state index in [0.29, 0.717) is 47.9 Å². The Labute approximate surface area is 206 Å². The lowest BCUT2D eigenvalue weighted by atomic mass is 9.49. The van der Waals surface area contributed by atoms with E-state index in [9.17, 15) is 9.59 Å². The van der Waals surface area contributed by atoms with Gasteiger partial charge in [-0.1, -0.05) is 25.4 Å². The first-order valence-corrected chi connectivity index (χ1v) is 12.9. The predicted octanol–water partition coefficient (Wildman–Crippen LogP) is 5.45. The Balaban J connectivity index is 1.33. The molecular weight excluding hydrogens is 448 g/mol. The molecule has 34 heavy (non-hydrogen) atoms. The number of allylic oxidation sites excluding steroid dienone is 2. The van der Waals surface area contributed by atoms with Crippen molar-refractivity contribution in [3.8, 4) is 6.07 Å². The number of piperidine rings is 1. The first kappa shape index (κ1) is 23.4. The minimum absolute atomic E-state index is 0.0174. The van der Waals surface area contributed by atoms with Crippen LogP contribution in [0.3, 0.4) is 0 Å². The van der Waals surface area contributed by atoms with Crippen LogP contribution in [0.5, 0.6) is 0 Å². The topological polar surface area (TPSA) is 86.1 Å². The minimum Gasteiger partial charge on any atom is -0.325 e. The van der Waals surface area contributed by atoms with Crippen LogP contribution < -0.4 is 5.32 Å². The molecule has 3 aliphatic carbocycles. The Kier molecular flexibility index (Phi) is 5.75. The van der Waals surface area contributed by atoms with Crippen molar-refractivity contribution in [2.45, 2.75) is 65.2 Å². The van der Waals surface area contributed by atoms with Crippen molar-refractivity contribution in [1.82, 2.24) is 9.88 Å². The third-order valence-electron chi connectivity index (χ3n) is 9.83. The summed E-state index contributed by atoms with van der Waals surface area (Å²) in [5.74, 6) is 2.14. The van der Waals surface area contributed by atoms with Gasteiger partial charge >= 0.3 is 0 Å². The van der Waals surface area contributed by atoms with Gasteiger partial charge in [0.2, 0.25) is 11.8 Å². The van der Waals surface area contributed by atoms with Gasteiger partial charge in [0.05, 0.1) is 11.9 Å². The smallest absolute Gasteiger partial charge is 0.226 e. The molecule has 2 heterocycles. The molecule has 2 unspecified atom stereocenters. The number of pyridine rings is 1. The minimum atomic E-state index is -0.0396. The number of nitrogens with zero attached hydrogens (tertiary/aromatic N) is 3. The average Bonchev–Trinajstić information content (AvgIpc) is 3.13. The highest BCUT2D eigenvalue weighted by molar-refractivity contribution is 6.30. The van der Waals surface area contributed by atoms with Crippen molar-refractivity contribution in [2.75, 3.05) is 12.4 Å². The summed E-state index contributed by atoms with van der Waals surface area (Å²) in [5.41, 5.74) is 2.13. The molecule has 7 heteroatoms. The molecule has 6 atom stereocenters. The van der Waals surface area contributed by atoms with Gasteiger partial charge in [-0.15, -0.1) is 0 Å². The fraction of sp³-hybridized carbons (Fsp3) is 0.630. The zero-order valence-corrected chi connectivity index (χ0v) is 21.0. The van der Waals surface area contributed by atoms with Gasteiger partial charge < -0.3 is 10.2 Å². The summed E-state index contributed by atoms with van der Waals surface area (Å²) in [6.07, 6.45) is 8.83. The molecule has 1 saturated heterocycles. The van der Waals surface area contributed by atoms with Crippen LogP contribution in [-0.4, -0.2) is 28.7 Å². The van der Waals surface area contributed by atoms with Gasteiger partial charge in [0, 0.05) is 36.0 Å². The number of amides is 2. The number of carbonyl (C=O) groups excluding carboxylic acids is 2. The summed E-state index contributed by atoms with van der Waals surface area (Å²) in [7, 11) is 1.89. The normalized spacial score (nSPS) is 36.9. The first-order chi connectivity index (χ1) is 16.2. The zero-order valence-electron chi connectivity index (χ0n) is 20.2. The monoisotopic (exact) mass is 480 g/mol. The Bertz CT molecular complexity index is 1090. The number of rotatable bonds is 3. The van der Waals surface area contributed by atoms with Crippen molar-refractivity contribution < 1.29 is 9.59 Å². The van der Waals surface area contributed by atoms with Gasteiger partial charge in [-0.2, -0.15) is 5.26 Å². The van der Waals surface area contributed by atoms with E-state index in [2.05, 4.69) is 24.1 Å². The lowest BCUT2D eigenvalue weighted by molar-refractivity contribution is -0.136. The summed E-state index contributed by atoms with van der Waals surface area (Å²) in [5, 5.41) is 12.8. The van der Waals surface area contributed by atoms with Crippen LogP contribution in [0.25, 0.3) is 0 Å². The third kappa shape index (κ3) is 3.55. The summed E-state index contributed by atoms with van der Waals surface area (Å²) in [6.45, 7) is 4.73. The Morgan fingerprint density at radius 3 is 2.76 bits per heavy atom. The predicted molar refractivity (Wildman–Crippen MR) is 130 cm³/mol. The SMILES string of the molecule is CN1C(=O)CC[C@@]2(C)C1=C(Cl)CC1C2CC[C@]2(C)[C@@H](CC(=O)Nc3ccc(C#N)nc3)CC[C@@H]12. The number of nitriles is 1. The van der Waals surface area contributed by atoms with Crippen molar-refractivity contribution in [1.29, 1.82) is 5.26 Å². The van der Waals surface area contributed by atoms with Crippen LogP contribution in [0.15, 0.2) is 29.1 Å². The molecule has 0 bridgehead atoms. The molecule has 2 saturated carbocycles. The van der Waals surface area contributed by atoms with Crippen molar-refractivity contribution >= 4 is 29.1 Å². The molecule has 2 amide bonds. The number of carbonyl (C=O) groups is 2. The molecule has 0 spiro atoms. The van der Waals surface area contributed by atoms with E-state index < -0.39 is 0 Å². The van der Waals surface area contributed by atoms with Gasteiger partial charge in [0.1, 0.15) is 11.8 Å². The lowest BCUT2D eigenvalue weighted by Gasteiger charge is -2.59. The lowest BCUT2D eigenvalue weighted by Crippen LogP contribution is -2.54. The van der Waals surface area contributed by atoms with E-state index in [1.807, 2.05) is 18.0 Å². The van der Waals surface area contributed by atoms with Gasteiger partial charge in [-0.25, -0.2) is 4.98 Å². The summed E-state index contributed by atoms with van der Waals surface area (Å²) in [6, 6.07) is 5.35. The second-order valence-corrected chi connectivity index (χ2v) is 11.8. The molecular formula is C27H33ClN4O2. The maximum absolute atomic E-state index is 12.9. The summed E-state index contributed by atoms with van der Waals surface area (Å²) >= 11 is 6.92. The second kappa shape index (κ2) is 8.37. The molecule has 1 aliphatic heterocycles. The second-order valence-electron chi connectivity index (χ2n) is 11.3. The Morgan fingerprint density at radius 1 is 1.26 bits per heavy atom. The molecule has 3 fully saturated rings. The van der Waals surface area contributed by atoms with Crippen molar-refractivity contribution in [3.63, 3.8) is 0 Å². The van der Waals surface area contributed by atoms with Crippen LogP contribution in [0.1, 0.15) is 70.9 Å². The quantitative estimate of drug-likeness (QED) is 0.622. The molecule has 0 aromatic carbocycles. The van der Waals surface area contributed by atoms with E-state index >= 15 is 0 Å². The molecule has 0 radical (unpaired) electrons. The fourth-order valence-electron chi connectivity index (χ4n) is 8.09. The van der Waals surface area contributed by atoms with E-state index in [4.69, 9.17) is 16.9 Å². The summed E-state index contributed by atoms with van der Waals surface area (Å²) in [4.78, 5) is 31.2. The van der Waals surface area contributed by atoms with E-state index in [1.165, 1.54) is 0 Å². The molecule has 4 aliphatic rings. The highest BCUT2D eigenvalue weighted by atomic mass is 35.5. The fourth-order valence-corrected chi connectivity index (χ4v) is 8.61. The van der Waals surface area contributed by atoms with Crippen LogP contribution >= 0.6 is 11.6 Å². The zero-order chi connectivity index (χ0) is 24.3. The number of nitrogens with one attached hydrogen (secondary N) is 1. The molecule has 180 valence electrons. The maximum Gasteiger partial charge on any atom is 0.226 e. The van der Waals surface area contributed by atoms with E-state index in [-0.39, 0.29) is 22.6 Å². The number of halogens is 1. The first-order valence-electron chi connectivity index (χ1n) is 12.5. The largest absolute Gasteiger partial charge is 0.325 e. The van der Waals surface area contributed by atoms with Gasteiger partial charge in [0.15, 0.2) is 0 Å². The van der Waals surface area contributed by atoms with Crippen LogP contribution in [-0.2, 0) is 9.59 Å². The van der Waals surface area contributed by atoms with Crippen molar-refractivity contribution in [3.05, 3.63) is 34.8 Å². The number of likely N-dealkylation sites (tertiary alicyclic amines) is 1. The third-order valence-corrected chi connectivity index (χ3v) is 10.2. The standard InChI is InChI=1S/C27H33ClN4O2/c1-26-10-8-21-19(13-22(28)25-27(21,2)11-9-24(34)32(25)3)20(26)7-4-16(26)12-23(33)31-18-6-5-17(14-29)30-15-18/h5-6,15-16,19-21H,4,7-13H2,1-3H3,(H,31,33)/t16-,19?,20+,21?,26-,27-/m1/s1. The molecule has 1 aromatic heterocycles. The number of hydrogen-bond donors (Lipinski definition) is 1.